The van der Waals surface area contributed by atoms with Crippen molar-refractivity contribution in [3.05, 3.63) is 34.1 Å². The Morgan fingerprint density at radius 1 is 0.203 bits per heavy atom. The topological polar surface area (TPSA) is 9.23 Å². The highest BCUT2D eigenvalue weighted by Gasteiger charge is 2.74. The monoisotopic (exact) mass is 776 g/mol. The summed E-state index contributed by atoms with van der Waals surface area (Å²) in [5, 5.41) is 88.5. The van der Waals surface area contributed by atoms with Crippen LogP contribution in [0.1, 0.15) is 29.2 Å². The Morgan fingerprint density at radius 2 is 0.344 bits per heavy atom. The van der Waals surface area contributed by atoms with Gasteiger partial charge in [0.05, 0.1) is 11.7 Å². The maximum absolute atomic E-state index is 8.09. The molecule has 1 heterocycles. The molecule has 1 heteroatoms. The largest absolute Gasteiger partial charge is 0.484 e. The molecule has 0 atom stereocenters. The fourth-order valence-electron chi connectivity index (χ4n) is 24.3. The molecule has 0 N–H and O–H groups in total. The molecule has 0 aromatic heterocycles. The highest BCUT2D eigenvalue weighted by Crippen LogP contribution is 2.86. The van der Waals surface area contributed by atoms with E-state index >= 15 is 0 Å². The van der Waals surface area contributed by atoms with Crippen LogP contribution < -0.4 is 0 Å². The van der Waals surface area contributed by atoms with E-state index in [1.165, 1.54) is 5.57 Å². The lowest BCUT2D eigenvalue weighted by Crippen LogP contribution is -2.50. The summed E-state index contributed by atoms with van der Waals surface area (Å²) < 4.78 is 8.09. The minimum absolute atomic E-state index is 0.404. The summed E-state index contributed by atoms with van der Waals surface area (Å²) in [7, 11) is 0. The molecule has 0 saturated carbocycles. The van der Waals surface area contributed by atoms with Gasteiger partial charge in [0.15, 0.2) is 5.60 Å². The average molecular weight is 777 g/mol. The van der Waals surface area contributed by atoms with Gasteiger partial charge >= 0.3 is 0 Å². The van der Waals surface area contributed by atoms with Crippen LogP contribution in [0.2, 0.25) is 0 Å². The molecule has 0 radical (unpaired) electrons. The SMILES string of the molecule is CC1=COC23c4c5c6c7c8c9c(c%10c%11c2c2c4c4c%12c5c5c6c6c8c8c%13c9c9c%10c%10c%11c%11c2c2c4c4c%12c%12c5c5c6c8c6c8c%13c9c9c%10c%10c%11c2c2c4c4c%12c5c6c5c8c9c%10c2c45)C173. The lowest BCUT2D eigenvalue weighted by Gasteiger charge is -2.49. The molecule has 262 valence electrons. The van der Waals surface area contributed by atoms with Gasteiger partial charge in [0, 0.05) is 11.1 Å². The number of benzene rings is 18. The van der Waals surface area contributed by atoms with Crippen LogP contribution in [0.4, 0.5) is 0 Å². The second-order valence-corrected chi connectivity index (χ2v) is 24.1. The molecule has 64 heavy (non-hydrogen) atoms. The zero-order valence-corrected chi connectivity index (χ0v) is 32.5. The molecule has 0 fully saturated rings. The molecule has 5 aliphatic rings. The molecule has 28 aromatic rings. The average Bonchev–Trinajstić information content (AvgIpc) is 4.14. The van der Waals surface area contributed by atoms with Gasteiger partial charge in [-0.05, 0) is 314 Å². The molecule has 4 aliphatic carbocycles. The zero-order valence-electron chi connectivity index (χ0n) is 32.5. The molecular formula is C63H4O. The Bertz CT molecular complexity index is 6850. The van der Waals surface area contributed by atoms with Gasteiger partial charge in [0.1, 0.15) is 0 Å². The number of hydrogen-bond donors (Lipinski definition) is 0. The quantitative estimate of drug-likeness (QED) is 0.139. The second-order valence-electron chi connectivity index (χ2n) is 24.1. The van der Waals surface area contributed by atoms with E-state index in [-0.39, 0.29) is 0 Å². The first-order chi connectivity index (χ1) is 31.9. The third kappa shape index (κ3) is 1.07. The Balaban J connectivity index is 1.30. The lowest BCUT2D eigenvalue weighted by atomic mass is 9.53. The Hall–Kier alpha value is -8.00. The van der Waals surface area contributed by atoms with Crippen LogP contribution in [-0.2, 0) is 15.8 Å². The molecule has 1 nitrogen and oxygen atoms in total. The smallest absolute Gasteiger partial charge is 0.178 e. The van der Waals surface area contributed by atoms with Gasteiger partial charge < -0.3 is 4.74 Å². The first kappa shape index (κ1) is 22.4. The standard InChI is InChI=1S/C63H4O/c1-3-2-64-63-60-54-48-38-26-18-10-6-4-5-8-12(10)20(26)30-24-16(8)17-9(5)13-11-7(4)15-14(6)22-28(18)36-42-32(22)33-23(15)29-19(11)27-21(13)31-25(17)35-34(24)46(40(30)48)56(60)57-47(35)41(31)49-39(27)45-37(29)43(33)51-50(42)58(52(54)44(36)38)62(3,63)59(51)53(45)55(49)61(57)63/h2H,1H3. The second kappa shape index (κ2) is 4.79. The van der Waals surface area contributed by atoms with Crippen molar-refractivity contribution in [3.63, 3.8) is 0 Å². The Labute approximate surface area is 345 Å². The van der Waals surface area contributed by atoms with Gasteiger partial charge in [-0.15, -0.1) is 0 Å². The van der Waals surface area contributed by atoms with Crippen LogP contribution in [0.25, 0.3) is 291 Å². The number of ether oxygens (including phenoxy) is 1. The normalized spacial score (nSPS) is 23.4. The van der Waals surface area contributed by atoms with Crippen molar-refractivity contribution >= 4 is 291 Å². The van der Waals surface area contributed by atoms with Crippen molar-refractivity contribution in [3.8, 4) is 0 Å². The van der Waals surface area contributed by atoms with E-state index in [2.05, 4.69) is 13.2 Å². The Kier molecular flexibility index (Phi) is 1.67. The van der Waals surface area contributed by atoms with Crippen molar-refractivity contribution in [1.82, 2.24) is 0 Å². The first-order valence-corrected chi connectivity index (χ1v) is 24.0. The summed E-state index contributed by atoms with van der Waals surface area (Å²) in [5.74, 6) is 0. The number of rotatable bonds is 0. The van der Waals surface area contributed by atoms with E-state index in [1.807, 2.05) is 0 Å². The van der Waals surface area contributed by atoms with Crippen molar-refractivity contribution < 1.29 is 4.74 Å². The summed E-state index contributed by atoms with van der Waals surface area (Å²) in [6, 6.07) is 0. The van der Waals surface area contributed by atoms with Gasteiger partial charge in [0.2, 0.25) is 0 Å². The highest BCUT2D eigenvalue weighted by molar-refractivity contribution is 6.82. The van der Waals surface area contributed by atoms with Crippen molar-refractivity contribution in [2.45, 2.75) is 17.9 Å². The third-order valence-corrected chi connectivity index (χ3v) is 24.2. The maximum Gasteiger partial charge on any atom is 0.178 e. The molecular weight excluding hydrogens is 773 g/mol. The van der Waals surface area contributed by atoms with Crippen LogP contribution >= 0.6 is 0 Å². The van der Waals surface area contributed by atoms with Crippen LogP contribution in [-0.4, -0.2) is 0 Å². The van der Waals surface area contributed by atoms with E-state index < -0.39 is 11.0 Å². The minimum Gasteiger partial charge on any atom is -0.484 e. The summed E-state index contributed by atoms with van der Waals surface area (Å²) in [5.41, 5.74) is 6.90. The van der Waals surface area contributed by atoms with Crippen molar-refractivity contribution in [1.29, 1.82) is 0 Å². The van der Waals surface area contributed by atoms with E-state index in [0.29, 0.717) is 0 Å². The molecule has 0 saturated heterocycles. The molecule has 0 unspecified atom stereocenters. The third-order valence-electron chi connectivity index (χ3n) is 24.2. The Morgan fingerprint density at radius 3 is 0.516 bits per heavy atom. The van der Waals surface area contributed by atoms with Gasteiger partial charge in [-0.1, -0.05) is 0 Å². The lowest BCUT2D eigenvalue weighted by molar-refractivity contribution is 0.0476. The summed E-state index contributed by atoms with van der Waals surface area (Å²) >= 11 is 0. The van der Waals surface area contributed by atoms with Crippen molar-refractivity contribution in [2.24, 2.45) is 0 Å². The fraction of sp³-hybridized carbons (Fsp3) is 0.0476. The van der Waals surface area contributed by atoms with E-state index in [9.17, 15) is 0 Å². The molecule has 28 aromatic carbocycles. The highest BCUT2D eigenvalue weighted by atomic mass is 16.5. The van der Waals surface area contributed by atoms with Gasteiger partial charge in [-0.2, -0.15) is 0 Å². The van der Waals surface area contributed by atoms with Crippen LogP contribution in [0.3, 0.4) is 0 Å². The number of hydrogen-bond acceptors (Lipinski definition) is 1. The first-order valence-electron chi connectivity index (χ1n) is 24.0. The summed E-state index contributed by atoms with van der Waals surface area (Å²) in [6.07, 6.45) is 2.32. The molecule has 0 bridgehead atoms. The van der Waals surface area contributed by atoms with Crippen LogP contribution in [0.5, 0.6) is 0 Å². The van der Waals surface area contributed by atoms with E-state index in [4.69, 9.17) is 4.74 Å². The van der Waals surface area contributed by atoms with Gasteiger partial charge in [-0.3, -0.25) is 0 Å². The van der Waals surface area contributed by atoms with Crippen molar-refractivity contribution in [2.75, 3.05) is 0 Å². The zero-order chi connectivity index (χ0) is 37.5. The molecule has 33 rings (SSSR count). The molecule has 2 spiro atoms. The maximum atomic E-state index is 8.09. The molecule has 0 amide bonds. The van der Waals surface area contributed by atoms with E-state index in [0.717, 1.165) is 0 Å². The summed E-state index contributed by atoms with van der Waals surface area (Å²) in [6.45, 7) is 2.51. The van der Waals surface area contributed by atoms with Gasteiger partial charge in [-0.25, -0.2) is 0 Å². The molecule has 1 aliphatic heterocycles. The summed E-state index contributed by atoms with van der Waals surface area (Å²) in [4.78, 5) is 0. The predicted octanol–water partition coefficient (Wildman–Crippen LogP) is 17.2. The van der Waals surface area contributed by atoms with Crippen LogP contribution in [0, 0.1) is 0 Å². The van der Waals surface area contributed by atoms with Crippen LogP contribution in [0.15, 0.2) is 11.8 Å². The fourth-order valence-corrected chi connectivity index (χ4v) is 24.3. The predicted molar refractivity (Wildman–Crippen MR) is 269 cm³/mol. The minimum atomic E-state index is -0.623. The van der Waals surface area contributed by atoms with Gasteiger partial charge in [0.25, 0.3) is 0 Å². The van der Waals surface area contributed by atoms with E-state index in [1.54, 1.807) is 313 Å².